The smallest absolute Gasteiger partial charge is 0.0811 e. The van der Waals surface area contributed by atoms with Crippen LogP contribution >= 0.6 is 11.8 Å². The highest BCUT2D eigenvalue weighted by molar-refractivity contribution is 8.13. The van der Waals surface area contributed by atoms with Crippen LogP contribution in [0.2, 0.25) is 0 Å². The lowest BCUT2D eigenvalue weighted by molar-refractivity contribution is 0.579. The molecule has 1 aliphatic rings. The molecule has 0 aromatic heterocycles. The minimum Gasteiger partial charge on any atom is -0.308 e. The van der Waals surface area contributed by atoms with E-state index in [0.717, 1.165) is 23.8 Å². The summed E-state index contributed by atoms with van der Waals surface area (Å²) in [5.74, 6) is 1.12. The molecule has 1 aliphatic heterocycles. The maximum atomic E-state index is 7.69. The van der Waals surface area contributed by atoms with Gasteiger partial charge in [0, 0.05) is 5.75 Å². The fourth-order valence-electron chi connectivity index (χ4n) is 1.25. The molecule has 1 heterocycles. The third kappa shape index (κ3) is 2.83. The van der Waals surface area contributed by atoms with Gasteiger partial charge in [0.25, 0.3) is 0 Å². The van der Waals surface area contributed by atoms with Gasteiger partial charge in [0.05, 0.1) is 11.1 Å². The van der Waals surface area contributed by atoms with E-state index in [1.54, 1.807) is 11.8 Å². The van der Waals surface area contributed by atoms with Gasteiger partial charge in [-0.15, -0.1) is 11.8 Å². The molecule has 0 bridgehead atoms. The van der Waals surface area contributed by atoms with Crippen LogP contribution in [0.3, 0.4) is 0 Å². The molecule has 2 nitrogen and oxygen atoms in total. The molecule has 1 fully saturated rings. The van der Waals surface area contributed by atoms with Crippen molar-refractivity contribution < 1.29 is 0 Å². The van der Waals surface area contributed by atoms with E-state index < -0.39 is 0 Å². The zero-order valence-corrected chi connectivity index (χ0v) is 7.84. The van der Waals surface area contributed by atoms with Gasteiger partial charge in [0.2, 0.25) is 0 Å². The summed E-state index contributed by atoms with van der Waals surface area (Å²) in [5.41, 5.74) is 0. The first-order valence-corrected chi connectivity index (χ1v) is 5.27. The lowest BCUT2D eigenvalue weighted by Gasteiger charge is -2.14. The second-order valence-corrected chi connectivity index (χ2v) is 4.00. The monoisotopic (exact) mass is 172 g/mol. The summed E-state index contributed by atoms with van der Waals surface area (Å²) in [5, 5.41) is 11.9. The van der Waals surface area contributed by atoms with Crippen LogP contribution in [0, 0.1) is 5.41 Å². The molecule has 0 spiro atoms. The van der Waals surface area contributed by atoms with Crippen LogP contribution in [-0.4, -0.2) is 23.4 Å². The molecule has 2 N–H and O–H groups in total. The average molecular weight is 172 g/mol. The Kier molecular flexibility index (Phi) is 3.94. The van der Waals surface area contributed by atoms with Gasteiger partial charge in [-0.25, -0.2) is 0 Å². The normalized spacial score (nSPS) is 26.6. The third-order valence-corrected chi connectivity index (χ3v) is 2.95. The fourth-order valence-corrected chi connectivity index (χ4v) is 2.16. The number of thioether (sulfide) groups is 1. The second-order valence-electron chi connectivity index (χ2n) is 2.86. The molecule has 0 aromatic rings. The largest absolute Gasteiger partial charge is 0.308 e. The highest BCUT2D eigenvalue weighted by atomic mass is 32.2. The Balaban J connectivity index is 2.39. The molecule has 0 aromatic carbocycles. The number of hydrogen-bond acceptors (Lipinski definition) is 3. The number of hydrogen-bond donors (Lipinski definition) is 2. The first kappa shape index (κ1) is 9.07. The average Bonchev–Trinajstić information content (AvgIpc) is 2.18. The Bertz CT molecular complexity index is 136. The van der Waals surface area contributed by atoms with E-state index in [4.69, 9.17) is 5.41 Å². The standard InChI is InChI=1S/C8H16N2S/c1-2-4-7-8(9)11-6-3-5-10-7/h7,9-10H,2-6H2,1H3. The molecule has 64 valence electrons. The first-order valence-electron chi connectivity index (χ1n) is 4.29. The van der Waals surface area contributed by atoms with Gasteiger partial charge in [-0.2, -0.15) is 0 Å². The van der Waals surface area contributed by atoms with E-state index >= 15 is 0 Å². The molecule has 3 heteroatoms. The molecule has 0 amide bonds. The van der Waals surface area contributed by atoms with Crippen molar-refractivity contribution in [3.05, 3.63) is 0 Å². The maximum absolute atomic E-state index is 7.69. The van der Waals surface area contributed by atoms with Crippen molar-refractivity contribution in [2.45, 2.75) is 32.2 Å². The van der Waals surface area contributed by atoms with Crippen molar-refractivity contribution >= 4 is 16.8 Å². The van der Waals surface area contributed by atoms with Crippen molar-refractivity contribution in [2.24, 2.45) is 0 Å². The molecule has 0 saturated carbocycles. The van der Waals surface area contributed by atoms with E-state index in [9.17, 15) is 0 Å². The Hall–Kier alpha value is -0.0200. The minimum atomic E-state index is 0.354. The van der Waals surface area contributed by atoms with Crippen LogP contribution < -0.4 is 5.32 Å². The summed E-state index contributed by atoms with van der Waals surface area (Å²) in [6, 6.07) is 0.354. The Morgan fingerprint density at radius 1 is 1.73 bits per heavy atom. The minimum absolute atomic E-state index is 0.354. The molecular weight excluding hydrogens is 156 g/mol. The van der Waals surface area contributed by atoms with Crippen molar-refractivity contribution in [1.29, 1.82) is 5.41 Å². The van der Waals surface area contributed by atoms with E-state index in [0.29, 0.717) is 6.04 Å². The fraction of sp³-hybridized carbons (Fsp3) is 0.875. The second kappa shape index (κ2) is 4.78. The van der Waals surface area contributed by atoms with Gasteiger partial charge in [0.15, 0.2) is 0 Å². The lowest BCUT2D eigenvalue weighted by Crippen LogP contribution is -2.33. The molecule has 1 saturated heterocycles. The van der Waals surface area contributed by atoms with Gasteiger partial charge in [-0.3, -0.25) is 5.41 Å². The predicted octanol–water partition coefficient (Wildman–Crippen LogP) is 1.86. The molecule has 1 unspecified atom stereocenters. The van der Waals surface area contributed by atoms with Crippen molar-refractivity contribution in [2.75, 3.05) is 12.3 Å². The Morgan fingerprint density at radius 2 is 2.55 bits per heavy atom. The highest BCUT2D eigenvalue weighted by Gasteiger charge is 2.15. The van der Waals surface area contributed by atoms with Crippen molar-refractivity contribution in [1.82, 2.24) is 5.32 Å². The zero-order valence-electron chi connectivity index (χ0n) is 7.02. The number of nitrogens with one attached hydrogen (secondary N) is 2. The predicted molar refractivity (Wildman–Crippen MR) is 51.5 cm³/mol. The summed E-state index contributed by atoms with van der Waals surface area (Å²) in [6.45, 7) is 3.25. The summed E-state index contributed by atoms with van der Waals surface area (Å²) in [6.07, 6.45) is 3.49. The topological polar surface area (TPSA) is 35.9 Å². The van der Waals surface area contributed by atoms with Gasteiger partial charge < -0.3 is 5.32 Å². The van der Waals surface area contributed by atoms with Gasteiger partial charge >= 0.3 is 0 Å². The summed E-state index contributed by atoms with van der Waals surface area (Å²) >= 11 is 1.71. The quantitative estimate of drug-likeness (QED) is 0.667. The number of rotatable bonds is 2. The van der Waals surface area contributed by atoms with Crippen LogP contribution in [0.4, 0.5) is 0 Å². The van der Waals surface area contributed by atoms with Crippen LogP contribution in [0.1, 0.15) is 26.2 Å². The molecule has 11 heavy (non-hydrogen) atoms. The van der Waals surface area contributed by atoms with E-state index in [1.165, 1.54) is 12.8 Å². The molecule has 1 rings (SSSR count). The molecule has 0 aliphatic carbocycles. The maximum Gasteiger partial charge on any atom is 0.0811 e. The van der Waals surface area contributed by atoms with Crippen LogP contribution in [0.5, 0.6) is 0 Å². The van der Waals surface area contributed by atoms with Crippen molar-refractivity contribution in [3.63, 3.8) is 0 Å². The first-order chi connectivity index (χ1) is 5.34. The molecule has 0 radical (unpaired) electrons. The third-order valence-electron chi connectivity index (χ3n) is 1.86. The van der Waals surface area contributed by atoms with Crippen LogP contribution in [-0.2, 0) is 0 Å². The highest BCUT2D eigenvalue weighted by Crippen LogP contribution is 2.14. The Labute approximate surface area is 72.6 Å². The zero-order chi connectivity index (χ0) is 8.10. The van der Waals surface area contributed by atoms with E-state index in [-0.39, 0.29) is 0 Å². The summed E-state index contributed by atoms with van der Waals surface area (Å²) in [4.78, 5) is 0. The molecule has 1 atom stereocenters. The summed E-state index contributed by atoms with van der Waals surface area (Å²) < 4.78 is 0. The van der Waals surface area contributed by atoms with Crippen LogP contribution in [0.15, 0.2) is 0 Å². The van der Waals surface area contributed by atoms with E-state index in [2.05, 4.69) is 12.2 Å². The van der Waals surface area contributed by atoms with Gasteiger partial charge in [-0.1, -0.05) is 13.3 Å². The van der Waals surface area contributed by atoms with Crippen molar-refractivity contribution in [3.8, 4) is 0 Å². The Morgan fingerprint density at radius 3 is 3.27 bits per heavy atom. The van der Waals surface area contributed by atoms with Crippen LogP contribution in [0.25, 0.3) is 0 Å². The SMILES string of the molecule is CCCC1NCCCSC1=N. The summed E-state index contributed by atoms with van der Waals surface area (Å²) in [7, 11) is 0. The lowest BCUT2D eigenvalue weighted by atomic mass is 10.2. The molecular formula is C8H16N2S. The van der Waals surface area contributed by atoms with Gasteiger partial charge in [0.1, 0.15) is 0 Å². The van der Waals surface area contributed by atoms with Gasteiger partial charge in [-0.05, 0) is 19.4 Å². The van der Waals surface area contributed by atoms with E-state index in [1.807, 2.05) is 0 Å².